The first kappa shape index (κ1) is 26.2. The quantitative estimate of drug-likeness (QED) is 0.448. The number of methoxy groups -OCH3 is 1. The molecule has 0 saturated heterocycles. The Bertz CT molecular complexity index is 1390. The number of carbonyl (C=O) groups excluding carboxylic acids is 2. The topological polar surface area (TPSA) is 77.8 Å². The number of amides is 1. The van der Waals surface area contributed by atoms with Crippen LogP contribution in [-0.4, -0.2) is 47.1 Å². The first-order chi connectivity index (χ1) is 16.6. The van der Waals surface area contributed by atoms with Crippen LogP contribution in [0.4, 0.5) is 0 Å². The van der Waals surface area contributed by atoms with E-state index in [4.69, 9.17) is 9.47 Å². The summed E-state index contributed by atoms with van der Waals surface area (Å²) in [5.41, 5.74) is 0.523. The highest BCUT2D eigenvalue weighted by molar-refractivity contribution is 7.07. The highest BCUT2D eigenvalue weighted by Crippen LogP contribution is 2.22. The molecule has 0 aliphatic carbocycles. The zero-order chi connectivity index (χ0) is 25.7. The molecular formula is C27H32N2O5S. The van der Waals surface area contributed by atoms with E-state index in [0.717, 1.165) is 33.4 Å². The number of hydrogen-bond acceptors (Lipinski definition) is 6. The van der Waals surface area contributed by atoms with Crippen LogP contribution in [0.1, 0.15) is 40.2 Å². The molecule has 0 unspecified atom stereocenters. The standard InChI is InChI=1S/C27H32N2O5S/c1-7-34-26(31)15-25-28(16-24(30)29(17(2)3)18(4)5)27(32)23(35-25)13-19-8-9-21-14-22(33-6)11-10-20(21)12-19/h8-15,17-18H,7,16H2,1-6H3/b23-13-,25-15-. The maximum atomic E-state index is 13.4. The minimum atomic E-state index is -0.550. The van der Waals surface area contributed by atoms with Gasteiger partial charge in [0.05, 0.1) is 24.3 Å². The normalized spacial score (nSPS) is 12.6. The Hall–Kier alpha value is -3.39. The second kappa shape index (κ2) is 11.4. The van der Waals surface area contributed by atoms with Gasteiger partial charge in [-0.25, -0.2) is 4.79 Å². The Morgan fingerprint density at radius 3 is 2.34 bits per heavy atom. The van der Waals surface area contributed by atoms with Crippen LogP contribution in [0.15, 0.2) is 41.2 Å². The molecule has 35 heavy (non-hydrogen) atoms. The molecule has 0 aliphatic rings. The van der Waals surface area contributed by atoms with E-state index in [9.17, 15) is 14.4 Å². The molecule has 3 rings (SSSR count). The van der Waals surface area contributed by atoms with E-state index >= 15 is 0 Å². The first-order valence-corrected chi connectivity index (χ1v) is 12.4. The van der Waals surface area contributed by atoms with Crippen molar-refractivity contribution >= 4 is 46.1 Å². The van der Waals surface area contributed by atoms with E-state index < -0.39 is 5.97 Å². The lowest BCUT2D eigenvalue weighted by Gasteiger charge is -2.30. The van der Waals surface area contributed by atoms with Crippen LogP contribution in [0.2, 0.25) is 0 Å². The lowest BCUT2D eigenvalue weighted by molar-refractivity contribution is -0.136. The zero-order valence-electron chi connectivity index (χ0n) is 21.0. The van der Waals surface area contributed by atoms with E-state index in [2.05, 4.69) is 0 Å². The van der Waals surface area contributed by atoms with Crippen LogP contribution in [0.25, 0.3) is 22.9 Å². The van der Waals surface area contributed by atoms with Crippen molar-refractivity contribution in [2.75, 3.05) is 13.7 Å². The number of rotatable bonds is 8. The van der Waals surface area contributed by atoms with Gasteiger partial charge in [0.15, 0.2) is 0 Å². The number of benzene rings is 2. The third-order valence-corrected chi connectivity index (χ3v) is 6.59. The molecule has 1 aromatic heterocycles. The predicted molar refractivity (Wildman–Crippen MR) is 140 cm³/mol. The maximum Gasteiger partial charge on any atom is 0.333 e. The number of fused-ring (bicyclic) bond motifs is 1. The number of esters is 1. The lowest BCUT2D eigenvalue weighted by atomic mass is 10.1. The molecule has 1 amide bonds. The Balaban J connectivity index is 2.11. The fourth-order valence-electron chi connectivity index (χ4n) is 4.08. The average molecular weight is 497 g/mol. The maximum absolute atomic E-state index is 13.4. The number of hydrogen-bond donors (Lipinski definition) is 0. The molecule has 0 radical (unpaired) electrons. The van der Waals surface area contributed by atoms with Crippen LogP contribution in [0.5, 0.6) is 5.75 Å². The van der Waals surface area contributed by atoms with Gasteiger partial charge in [-0.05, 0) is 75.2 Å². The minimum Gasteiger partial charge on any atom is -0.497 e. The van der Waals surface area contributed by atoms with E-state index in [1.807, 2.05) is 64.1 Å². The largest absolute Gasteiger partial charge is 0.497 e. The molecule has 0 N–H and O–H groups in total. The van der Waals surface area contributed by atoms with Crippen molar-refractivity contribution in [3.8, 4) is 5.75 Å². The van der Waals surface area contributed by atoms with Crippen LogP contribution in [-0.2, 0) is 20.9 Å². The molecule has 0 fully saturated rings. The van der Waals surface area contributed by atoms with Gasteiger partial charge in [0.25, 0.3) is 5.56 Å². The van der Waals surface area contributed by atoms with Gasteiger partial charge < -0.3 is 14.4 Å². The van der Waals surface area contributed by atoms with E-state index in [-0.39, 0.29) is 36.7 Å². The highest BCUT2D eigenvalue weighted by Gasteiger charge is 2.21. The van der Waals surface area contributed by atoms with Crippen LogP contribution in [0, 0.1) is 0 Å². The zero-order valence-corrected chi connectivity index (χ0v) is 21.8. The third kappa shape index (κ3) is 6.19. The summed E-state index contributed by atoms with van der Waals surface area (Å²) in [6.07, 6.45) is 3.06. The van der Waals surface area contributed by atoms with Gasteiger partial charge in [-0.3, -0.25) is 14.2 Å². The van der Waals surface area contributed by atoms with Crippen molar-refractivity contribution in [2.24, 2.45) is 0 Å². The summed E-state index contributed by atoms with van der Waals surface area (Å²) in [5.74, 6) is 0.0429. The summed E-state index contributed by atoms with van der Waals surface area (Å²) in [6, 6.07) is 11.6. The molecular weight excluding hydrogens is 464 g/mol. The Labute approximate surface area is 208 Å². The molecule has 7 nitrogen and oxygen atoms in total. The van der Waals surface area contributed by atoms with E-state index in [1.54, 1.807) is 25.0 Å². The Kier molecular flexibility index (Phi) is 8.51. The number of nitrogens with zero attached hydrogens (tertiary/aromatic N) is 2. The van der Waals surface area contributed by atoms with Crippen molar-refractivity contribution in [2.45, 2.75) is 53.2 Å². The van der Waals surface area contributed by atoms with Crippen molar-refractivity contribution < 1.29 is 19.1 Å². The molecule has 2 aromatic carbocycles. The van der Waals surface area contributed by atoms with Crippen molar-refractivity contribution in [1.29, 1.82) is 0 Å². The fourth-order valence-corrected chi connectivity index (χ4v) is 5.11. The minimum absolute atomic E-state index is 0.0171. The monoisotopic (exact) mass is 496 g/mol. The first-order valence-electron chi connectivity index (χ1n) is 11.6. The van der Waals surface area contributed by atoms with Crippen LogP contribution < -0.4 is 19.5 Å². The molecule has 8 heteroatoms. The van der Waals surface area contributed by atoms with E-state index in [1.165, 1.54) is 10.6 Å². The molecule has 0 aliphatic heterocycles. The molecule has 0 atom stereocenters. The summed E-state index contributed by atoms with van der Waals surface area (Å²) in [7, 11) is 1.63. The van der Waals surface area contributed by atoms with E-state index in [0.29, 0.717) is 9.20 Å². The third-order valence-electron chi connectivity index (χ3n) is 5.53. The summed E-state index contributed by atoms with van der Waals surface area (Å²) >= 11 is 1.16. The summed E-state index contributed by atoms with van der Waals surface area (Å²) in [4.78, 5) is 40.4. The van der Waals surface area contributed by atoms with Gasteiger partial charge in [-0.1, -0.05) is 18.2 Å². The van der Waals surface area contributed by atoms with Gasteiger partial charge in [-0.2, -0.15) is 0 Å². The molecule has 186 valence electrons. The summed E-state index contributed by atoms with van der Waals surface area (Å²) < 4.78 is 12.5. The van der Waals surface area contributed by atoms with Gasteiger partial charge >= 0.3 is 5.97 Å². The Morgan fingerprint density at radius 2 is 1.71 bits per heavy atom. The Morgan fingerprint density at radius 1 is 1.06 bits per heavy atom. The molecule has 0 saturated carbocycles. The summed E-state index contributed by atoms with van der Waals surface area (Å²) in [5, 5.41) is 2.03. The molecule has 0 spiro atoms. The smallest absolute Gasteiger partial charge is 0.333 e. The second-order valence-corrected chi connectivity index (χ2v) is 9.76. The average Bonchev–Trinajstić information content (AvgIpc) is 3.06. The molecule has 1 heterocycles. The lowest BCUT2D eigenvalue weighted by Crippen LogP contribution is -2.46. The van der Waals surface area contributed by atoms with Gasteiger partial charge in [0.2, 0.25) is 5.91 Å². The van der Waals surface area contributed by atoms with Gasteiger partial charge in [-0.15, -0.1) is 11.3 Å². The molecule has 0 bridgehead atoms. The van der Waals surface area contributed by atoms with Gasteiger partial charge in [0.1, 0.15) is 17.0 Å². The molecule has 3 aromatic rings. The van der Waals surface area contributed by atoms with Crippen molar-refractivity contribution in [3.63, 3.8) is 0 Å². The summed E-state index contributed by atoms with van der Waals surface area (Å²) in [6.45, 7) is 9.54. The SMILES string of the molecule is CCOC(=O)/C=c1\s/c(=C\c2ccc3cc(OC)ccc3c2)c(=O)n1CC(=O)N(C(C)C)C(C)C. The fraction of sp³-hybridized carbons (Fsp3) is 0.370. The number of aromatic nitrogens is 1. The van der Waals surface area contributed by atoms with Crippen molar-refractivity contribution in [3.05, 3.63) is 61.5 Å². The number of thiazole rings is 1. The van der Waals surface area contributed by atoms with Crippen LogP contribution in [0.3, 0.4) is 0 Å². The predicted octanol–water partition coefficient (Wildman–Crippen LogP) is 2.89. The van der Waals surface area contributed by atoms with Crippen molar-refractivity contribution in [1.82, 2.24) is 9.47 Å². The number of carbonyl (C=O) groups is 2. The highest BCUT2D eigenvalue weighted by atomic mass is 32.1. The van der Waals surface area contributed by atoms with Gasteiger partial charge in [0, 0.05) is 12.1 Å². The van der Waals surface area contributed by atoms with Crippen LogP contribution >= 0.6 is 11.3 Å². The second-order valence-electron chi connectivity index (χ2n) is 8.70. The number of ether oxygens (including phenoxy) is 2.